The molecule has 0 aliphatic heterocycles. The Bertz CT molecular complexity index is 892. The minimum absolute atomic E-state index is 0.0699. The maximum absolute atomic E-state index is 12.2. The van der Waals surface area contributed by atoms with Crippen LogP contribution in [0.15, 0.2) is 49.1 Å². The molecule has 1 aromatic carbocycles. The molecule has 7 heteroatoms. The molecular formula is C16H17N5OS. The summed E-state index contributed by atoms with van der Waals surface area (Å²) in [7, 11) is 0. The number of carbonyl (C=O) groups excluding carboxylic acids is 1. The molecule has 0 aliphatic rings. The second kappa shape index (κ2) is 6.21. The van der Waals surface area contributed by atoms with E-state index in [1.54, 1.807) is 15.7 Å². The van der Waals surface area contributed by atoms with Gasteiger partial charge in [-0.3, -0.25) is 9.47 Å². The predicted octanol–water partition coefficient (Wildman–Crippen LogP) is 2.78. The molecule has 0 fully saturated rings. The Labute approximate surface area is 139 Å². The molecule has 2 aromatic heterocycles. The standard InChI is InChI=1S/C16H17N5OS/c1-12-5-6-14(13(2)9-12)18-15(22)10-20-16(23)21(11-17-20)19-7-3-4-8-19/h3-9,11H,10H2,1-2H3,(H,18,22). The third-order valence-corrected chi connectivity index (χ3v) is 3.90. The van der Waals surface area contributed by atoms with Crippen LogP contribution in [0.3, 0.4) is 0 Å². The number of aromatic nitrogens is 4. The van der Waals surface area contributed by atoms with Crippen LogP contribution in [0, 0.1) is 18.6 Å². The number of benzene rings is 1. The molecular weight excluding hydrogens is 310 g/mol. The van der Waals surface area contributed by atoms with Gasteiger partial charge in [-0.25, -0.2) is 9.36 Å². The lowest BCUT2D eigenvalue weighted by molar-refractivity contribution is -0.116. The van der Waals surface area contributed by atoms with Crippen molar-refractivity contribution in [2.75, 3.05) is 5.32 Å². The van der Waals surface area contributed by atoms with Gasteiger partial charge in [-0.1, -0.05) is 17.7 Å². The van der Waals surface area contributed by atoms with E-state index in [1.807, 2.05) is 56.6 Å². The van der Waals surface area contributed by atoms with Crippen LogP contribution in [-0.4, -0.2) is 25.0 Å². The number of anilines is 1. The average molecular weight is 327 g/mol. The van der Waals surface area contributed by atoms with E-state index >= 15 is 0 Å². The van der Waals surface area contributed by atoms with Crippen molar-refractivity contribution in [2.45, 2.75) is 20.4 Å². The van der Waals surface area contributed by atoms with Gasteiger partial charge in [-0.15, -0.1) is 0 Å². The van der Waals surface area contributed by atoms with Gasteiger partial charge in [0.1, 0.15) is 12.9 Å². The van der Waals surface area contributed by atoms with Crippen LogP contribution in [-0.2, 0) is 11.3 Å². The number of rotatable bonds is 4. The molecule has 1 amide bonds. The minimum Gasteiger partial charge on any atom is -0.324 e. The molecule has 0 saturated carbocycles. The van der Waals surface area contributed by atoms with Gasteiger partial charge < -0.3 is 5.32 Å². The van der Waals surface area contributed by atoms with Gasteiger partial charge in [-0.2, -0.15) is 5.10 Å². The first-order chi connectivity index (χ1) is 11.0. The quantitative estimate of drug-likeness (QED) is 0.750. The minimum atomic E-state index is -0.161. The lowest BCUT2D eigenvalue weighted by atomic mass is 10.1. The van der Waals surface area contributed by atoms with Crippen molar-refractivity contribution >= 4 is 23.8 Å². The number of hydrogen-bond donors (Lipinski definition) is 1. The number of aryl methyl sites for hydroxylation is 2. The van der Waals surface area contributed by atoms with E-state index in [0.717, 1.165) is 16.8 Å². The Kier molecular flexibility index (Phi) is 4.12. The summed E-state index contributed by atoms with van der Waals surface area (Å²) in [5.41, 5.74) is 2.99. The first-order valence-corrected chi connectivity index (χ1v) is 7.60. The molecule has 3 aromatic rings. The fraction of sp³-hybridized carbons (Fsp3) is 0.188. The molecule has 0 spiro atoms. The third-order valence-electron chi connectivity index (χ3n) is 3.50. The van der Waals surface area contributed by atoms with Crippen molar-refractivity contribution in [3.63, 3.8) is 0 Å². The van der Waals surface area contributed by atoms with E-state index in [1.165, 1.54) is 4.68 Å². The highest BCUT2D eigenvalue weighted by atomic mass is 32.1. The topological polar surface area (TPSA) is 56.8 Å². The van der Waals surface area contributed by atoms with Gasteiger partial charge in [0.05, 0.1) is 0 Å². The molecule has 118 valence electrons. The molecule has 6 nitrogen and oxygen atoms in total. The number of amides is 1. The summed E-state index contributed by atoms with van der Waals surface area (Å²) in [5.74, 6) is -0.161. The molecule has 0 saturated heterocycles. The summed E-state index contributed by atoms with van der Waals surface area (Å²) < 4.78 is 5.44. The van der Waals surface area contributed by atoms with E-state index in [-0.39, 0.29) is 12.5 Å². The summed E-state index contributed by atoms with van der Waals surface area (Å²) in [6.07, 6.45) is 5.31. The smallest absolute Gasteiger partial charge is 0.246 e. The number of hydrogen-bond acceptors (Lipinski definition) is 3. The molecule has 0 atom stereocenters. The van der Waals surface area contributed by atoms with Crippen LogP contribution in [0.4, 0.5) is 5.69 Å². The highest BCUT2D eigenvalue weighted by Crippen LogP contribution is 2.15. The molecule has 2 heterocycles. The summed E-state index contributed by atoms with van der Waals surface area (Å²) in [6.45, 7) is 4.06. The Hall–Kier alpha value is -2.67. The molecule has 0 unspecified atom stereocenters. The van der Waals surface area contributed by atoms with Crippen molar-refractivity contribution in [3.8, 4) is 0 Å². The summed E-state index contributed by atoms with van der Waals surface area (Å²) in [4.78, 5) is 12.2. The molecule has 0 bridgehead atoms. The van der Waals surface area contributed by atoms with Crippen LogP contribution in [0.25, 0.3) is 0 Å². The van der Waals surface area contributed by atoms with E-state index < -0.39 is 0 Å². The number of carbonyl (C=O) groups is 1. The van der Waals surface area contributed by atoms with Crippen molar-refractivity contribution < 1.29 is 4.79 Å². The van der Waals surface area contributed by atoms with E-state index in [2.05, 4.69) is 10.4 Å². The zero-order chi connectivity index (χ0) is 16.4. The van der Waals surface area contributed by atoms with Crippen LogP contribution >= 0.6 is 12.2 Å². The number of nitrogens with one attached hydrogen (secondary N) is 1. The van der Waals surface area contributed by atoms with Gasteiger partial charge in [0, 0.05) is 18.1 Å². The highest BCUT2D eigenvalue weighted by molar-refractivity contribution is 7.71. The van der Waals surface area contributed by atoms with Crippen molar-refractivity contribution in [1.82, 2.24) is 19.1 Å². The van der Waals surface area contributed by atoms with E-state index in [0.29, 0.717) is 4.77 Å². The van der Waals surface area contributed by atoms with Gasteiger partial charge in [0.25, 0.3) is 0 Å². The fourth-order valence-corrected chi connectivity index (χ4v) is 2.60. The fourth-order valence-electron chi connectivity index (χ4n) is 2.34. The third kappa shape index (κ3) is 3.24. The highest BCUT2D eigenvalue weighted by Gasteiger charge is 2.09. The Morgan fingerprint density at radius 3 is 2.70 bits per heavy atom. The zero-order valence-corrected chi connectivity index (χ0v) is 13.7. The average Bonchev–Trinajstić information content (AvgIpc) is 3.13. The van der Waals surface area contributed by atoms with E-state index in [4.69, 9.17) is 12.2 Å². The van der Waals surface area contributed by atoms with Gasteiger partial charge in [0.2, 0.25) is 10.7 Å². The second-order valence-electron chi connectivity index (χ2n) is 5.35. The summed E-state index contributed by atoms with van der Waals surface area (Å²) >= 11 is 5.36. The lowest BCUT2D eigenvalue weighted by Gasteiger charge is -2.09. The Morgan fingerprint density at radius 2 is 2.00 bits per heavy atom. The Morgan fingerprint density at radius 1 is 1.26 bits per heavy atom. The second-order valence-corrected chi connectivity index (χ2v) is 5.71. The first kappa shape index (κ1) is 15.2. The summed E-state index contributed by atoms with van der Waals surface area (Å²) in [5, 5.41) is 7.08. The van der Waals surface area contributed by atoms with E-state index in [9.17, 15) is 4.79 Å². The lowest BCUT2D eigenvalue weighted by Crippen LogP contribution is -2.20. The van der Waals surface area contributed by atoms with Crippen LogP contribution < -0.4 is 5.32 Å². The SMILES string of the molecule is Cc1ccc(NC(=O)Cn2ncn(-n3cccc3)c2=S)c(C)c1. The monoisotopic (exact) mass is 327 g/mol. The zero-order valence-electron chi connectivity index (χ0n) is 12.9. The Balaban J connectivity index is 1.75. The van der Waals surface area contributed by atoms with Gasteiger partial charge in [0.15, 0.2) is 0 Å². The molecule has 23 heavy (non-hydrogen) atoms. The molecule has 0 radical (unpaired) electrons. The van der Waals surface area contributed by atoms with Crippen molar-refractivity contribution in [2.24, 2.45) is 0 Å². The molecule has 0 aliphatic carbocycles. The first-order valence-electron chi connectivity index (χ1n) is 7.20. The van der Waals surface area contributed by atoms with Crippen LogP contribution in [0.2, 0.25) is 0 Å². The largest absolute Gasteiger partial charge is 0.324 e. The predicted molar refractivity (Wildman–Crippen MR) is 90.8 cm³/mol. The molecule has 1 N–H and O–H groups in total. The van der Waals surface area contributed by atoms with Crippen molar-refractivity contribution in [1.29, 1.82) is 0 Å². The van der Waals surface area contributed by atoms with Crippen LogP contribution in [0.5, 0.6) is 0 Å². The van der Waals surface area contributed by atoms with Crippen LogP contribution in [0.1, 0.15) is 11.1 Å². The molecule has 3 rings (SSSR count). The normalized spacial score (nSPS) is 10.7. The maximum atomic E-state index is 12.2. The van der Waals surface area contributed by atoms with Gasteiger partial charge in [-0.05, 0) is 49.8 Å². The summed E-state index contributed by atoms with van der Waals surface area (Å²) in [6, 6.07) is 9.69. The number of nitrogens with zero attached hydrogens (tertiary/aromatic N) is 4. The maximum Gasteiger partial charge on any atom is 0.246 e. The van der Waals surface area contributed by atoms with Gasteiger partial charge >= 0.3 is 0 Å². The van der Waals surface area contributed by atoms with Crippen molar-refractivity contribution in [3.05, 3.63) is 65.0 Å².